The Morgan fingerprint density at radius 1 is 0.708 bits per heavy atom. The van der Waals surface area contributed by atoms with E-state index in [1.54, 1.807) is 14.2 Å². The number of nitrogens with zero attached hydrogens (tertiary/aromatic N) is 2. The standard InChI is InChI=1S/C18H18N4O2/c1-23-15-7-3-5-13(9-15)21-17-11-18(20-12-19-17)22-14-6-4-8-16(10-14)24-2/h3-12H,1-2H3,(H2,19,20,21,22). The van der Waals surface area contributed by atoms with Gasteiger partial charge in [0.25, 0.3) is 0 Å². The van der Waals surface area contributed by atoms with Crippen LogP contribution in [0.15, 0.2) is 60.9 Å². The SMILES string of the molecule is COc1cccc(Nc2cc(Nc3cccc(OC)c3)ncn2)c1. The van der Waals surface area contributed by atoms with Crippen molar-refractivity contribution in [2.45, 2.75) is 0 Å². The van der Waals surface area contributed by atoms with Crippen molar-refractivity contribution in [3.63, 3.8) is 0 Å². The van der Waals surface area contributed by atoms with Crippen LogP contribution in [-0.4, -0.2) is 24.2 Å². The molecule has 0 radical (unpaired) electrons. The maximum absolute atomic E-state index is 5.22. The highest BCUT2D eigenvalue weighted by Crippen LogP contribution is 2.23. The Kier molecular flexibility index (Phi) is 4.76. The van der Waals surface area contributed by atoms with Gasteiger partial charge in [0.1, 0.15) is 29.5 Å². The molecule has 1 aromatic heterocycles. The highest BCUT2D eigenvalue weighted by molar-refractivity contribution is 5.64. The predicted octanol–water partition coefficient (Wildman–Crippen LogP) is 3.98. The molecule has 0 spiro atoms. The van der Waals surface area contributed by atoms with Gasteiger partial charge in [-0.1, -0.05) is 12.1 Å². The summed E-state index contributed by atoms with van der Waals surface area (Å²) >= 11 is 0. The molecule has 0 fully saturated rings. The second-order valence-electron chi connectivity index (χ2n) is 5.00. The molecule has 0 saturated heterocycles. The molecule has 0 saturated carbocycles. The van der Waals surface area contributed by atoms with Crippen molar-refractivity contribution in [3.8, 4) is 11.5 Å². The minimum absolute atomic E-state index is 0.684. The first kappa shape index (κ1) is 15.6. The number of methoxy groups -OCH3 is 2. The van der Waals surface area contributed by atoms with Crippen LogP contribution in [-0.2, 0) is 0 Å². The molecule has 6 nitrogen and oxygen atoms in total. The molecule has 3 aromatic rings. The van der Waals surface area contributed by atoms with Gasteiger partial charge >= 0.3 is 0 Å². The summed E-state index contributed by atoms with van der Waals surface area (Å²) in [6.07, 6.45) is 1.50. The fraction of sp³-hybridized carbons (Fsp3) is 0.111. The Balaban J connectivity index is 1.76. The van der Waals surface area contributed by atoms with Crippen LogP contribution < -0.4 is 20.1 Å². The predicted molar refractivity (Wildman–Crippen MR) is 94.6 cm³/mol. The third kappa shape index (κ3) is 3.92. The van der Waals surface area contributed by atoms with Crippen LogP contribution in [0, 0.1) is 0 Å². The molecule has 0 aliphatic heterocycles. The molecule has 24 heavy (non-hydrogen) atoms. The van der Waals surface area contributed by atoms with E-state index in [0.29, 0.717) is 11.6 Å². The lowest BCUT2D eigenvalue weighted by Gasteiger charge is -2.10. The number of benzene rings is 2. The molecule has 0 aliphatic rings. The van der Waals surface area contributed by atoms with Crippen LogP contribution in [0.5, 0.6) is 11.5 Å². The Morgan fingerprint density at radius 3 is 1.67 bits per heavy atom. The van der Waals surface area contributed by atoms with Gasteiger partial charge in [-0.15, -0.1) is 0 Å². The third-order valence-corrected chi connectivity index (χ3v) is 3.35. The maximum Gasteiger partial charge on any atom is 0.135 e. The zero-order valence-electron chi connectivity index (χ0n) is 13.5. The molecular weight excluding hydrogens is 304 g/mol. The molecular formula is C18H18N4O2. The van der Waals surface area contributed by atoms with Crippen molar-refractivity contribution in [3.05, 3.63) is 60.9 Å². The highest BCUT2D eigenvalue weighted by atomic mass is 16.5. The maximum atomic E-state index is 5.22. The first-order chi connectivity index (χ1) is 11.8. The molecule has 2 N–H and O–H groups in total. The second kappa shape index (κ2) is 7.32. The normalized spacial score (nSPS) is 10.1. The Morgan fingerprint density at radius 2 is 1.21 bits per heavy atom. The van der Waals surface area contributed by atoms with Crippen molar-refractivity contribution in [1.82, 2.24) is 9.97 Å². The number of ether oxygens (including phenoxy) is 2. The average Bonchev–Trinajstić information content (AvgIpc) is 2.62. The summed E-state index contributed by atoms with van der Waals surface area (Å²) in [5.74, 6) is 2.93. The average molecular weight is 322 g/mol. The molecule has 0 atom stereocenters. The minimum Gasteiger partial charge on any atom is -0.497 e. The number of rotatable bonds is 6. The van der Waals surface area contributed by atoms with Crippen LogP contribution >= 0.6 is 0 Å². The van der Waals surface area contributed by atoms with E-state index in [9.17, 15) is 0 Å². The van der Waals surface area contributed by atoms with E-state index in [2.05, 4.69) is 20.6 Å². The van der Waals surface area contributed by atoms with Gasteiger partial charge in [0.2, 0.25) is 0 Å². The van der Waals surface area contributed by atoms with Crippen LogP contribution in [0.3, 0.4) is 0 Å². The van der Waals surface area contributed by atoms with Crippen molar-refractivity contribution >= 4 is 23.0 Å². The van der Waals surface area contributed by atoms with E-state index in [1.165, 1.54) is 6.33 Å². The van der Waals surface area contributed by atoms with Crippen molar-refractivity contribution in [1.29, 1.82) is 0 Å². The molecule has 1 heterocycles. The zero-order valence-corrected chi connectivity index (χ0v) is 13.5. The monoisotopic (exact) mass is 322 g/mol. The smallest absolute Gasteiger partial charge is 0.135 e. The first-order valence-electron chi connectivity index (χ1n) is 7.41. The van der Waals surface area contributed by atoms with Crippen LogP contribution in [0.2, 0.25) is 0 Å². The van der Waals surface area contributed by atoms with Crippen LogP contribution in [0.1, 0.15) is 0 Å². The Bertz CT molecular complexity index is 759. The number of nitrogens with one attached hydrogen (secondary N) is 2. The largest absolute Gasteiger partial charge is 0.497 e. The summed E-state index contributed by atoms with van der Waals surface area (Å²) in [5, 5.41) is 6.46. The fourth-order valence-electron chi connectivity index (χ4n) is 2.19. The molecule has 0 bridgehead atoms. The summed E-state index contributed by atoms with van der Waals surface area (Å²) in [4.78, 5) is 8.48. The lowest BCUT2D eigenvalue weighted by Crippen LogP contribution is -1.99. The first-order valence-corrected chi connectivity index (χ1v) is 7.41. The van der Waals surface area contributed by atoms with E-state index in [0.717, 1.165) is 22.9 Å². The summed E-state index contributed by atoms with van der Waals surface area (Å²) in [6, 6.07) is 17.1. The number of anilines is 4. The molecule has 3 rings (SSSR count). The fourth-order valence-corrected chi connectivity index (χ4v) is 2.19. The summed E-state index contributed by atoms with van der Waals surface area (Å²) in [7, 11) is 3.28. The summed E-state index contributed by atoms with van der Waals surface area (Å²) < 4.78 is 10.4. The number of aromatic nitrogens is 2. The highest BCUT2D eigenvalue weighted by Gasteiger charge is 2.02. The number of hydrogen-bond donors (Lipinski definition) is 2. The molecule has 0 amide bonds. The topological polar surface area (TPSA) is 68.3 Å². The van der Waals surface area contributed by atoms with Gasteiger partial charge in [0.15, 0.2) is 0 Å². The van der Waals surface area contributed by atoms with E-state index in [1.807, 2.05) is 54.6 Å². The molecule has 0 aliphatic carbocycles. The zero-order chi connectivity index (χ0) is 16.8. The lowest BCUT2D eigenvalue weighted by molar-refractivity contribution is 0.415. The van der Waals surface area contributed by atoms with Gasteiger partial charge in [-0.25, -0.2) is 9.97 Å². The van der Waals surface area contributed by atoms with Gasteiger partial charge < -0.3 is 20.1 Å². The van der Waals surface area contributed by atoms with E-state index in [4.69, 9.17) is 9.47 Å². The van der Waals surface area contributed by atoms with Crippen molar-refractivity contribution < 1.29 is 9.47 Å². The van der Waals surface area contributed by atoms with Gasteiger partial charge in [-0.05, 0) is 24.3 Å². The quantitative estimate of drug-likeness (QED) is 0.715. The molecule has 0 unspecified atom stereocenters. The van der Waals surface area contributed by atoms with Crippen LogP contribution in [0.4, 0.5) is 23.0 Å². The summed E-state index contributed by atoms with van der Waals surface area (Å²) in [5.41, 5.74) is 1.78. The van der Waals surface area contributed by atoms with Gasteiger partial charge in [0.05, 0.1) is 14.2 Å². The van der Waals surface area contributed by atoms with Gasteiger partial charge in [-0.3, -0.25) is 0 Å². The molecule has 2 aromatic carbocycles. The molecule has 6 heteroatoms. The molecule has 122 valence electrons. The van der Waals surface area contributed by atoms with Gasteiger partial charge in [0, 0.05) is 29.6 Å². The second-order valence-corrected chi connectivity index (χ2v) is 5.00. The summed E-state index contributed by atoms with van der Waals surface area (Å²) in [6.45, 7) is 0. The lowest BCUT2D eigenvalue weighted by atomic mass is 10.3. The van der Waals surface area contributed by atoms with E-state index >= 15 is 0 Å². The third-order valence-electron chi connectivity index (χ3n) is 3.35. The Hall–Kier alpha value is -3.28. The van der Waals surface area contributed by atoms with Gasteiger partial charge in [-0.2, -0.15) is 0 Å². The van der Waals surface area contributed by atoms with Crippen LogP contribution in [0.25, 0.3) is 0 Å². The van der Waals surface area contributed by atoms with Crippen molar-refractivity contribution in [2.75, 3.05) is 24.9 Å². The van der Waals surface area contributed by atoms with Crippen molar-refractivity contribution in [2.24, 2.45) is 0 Å². The van der Waals surface area contributed by atoms with E-state index in [-0.39, 0.29) is 0 Å². The Labute approximate surface area is 140 Å². The van der Waals surface area contributed by atoms with E-state index < -0.39 is 0 Å². The number of hydrogen-bond acceptors (Lipinski definition) is 6. The minimum atomic E-state index is 0.684.